The fraction of sp³-hybridized carbons (Fsp3) is 0.381. The Morgan fingerprint density at radius 2 is 1.72 bits per heavy atom. The topological polar surface area (TPSA) is 78.9 Å². The van der Waals surface area contributed by atoms with Crippen LogP contribution < -0.4 is 14.4 Å². The lowest BCUT2D eigenvalue weighted by Gasteiger charge is -2.37. The van der Waals surface area contributed by atoms with Crippen molar-refractivity contribution in [1.29, 1.82) is 0 Å². The molecule has 0 aromatic heterocycles. The van der Waals surface area contributed by atoms with E-state index < -0.39 is 16.1 Å². The van der Waals surface area contributed by atoms with Crippen molar-refractivity contribution in [1.82, 2.24) is 9.62 Å². The van der Waals surface area contributed by atoms with E-state index in [4.69, 9.17) is 4.74 Å². The molecule has 2 aromatic carbocycles. The molecule has 0 aliphatic carbocycles. The van der Waals surface area contributed by atoms with Crippen molar-refractivity contribution in [2.45, 2.75) is 24.8 Å². The number of benzene rings is 2. The molecule has 1 amide bonds. The van der Waals surface area contributed by atoms with Crippen LogP contribution in [0, 0.1) is 6.92 Å². The Kier molecular flexibility index (Phi) is 6.44. The van der Waals surface area contributed by atoms with Crippen LogP contribution in [0.3, 0.4) is 0 Å². The quantitative estimate of drug-likeness (QED) is 0.778. The standard InChI is InChI=1S/C21H27N3O4S/c1-16-15-19(9-10-20(16)28-3)29(26,27)22-17(2)21(25)24-13-11-23(12-14-24)18-7-5-4-6-8-18/h4-10,15,17,22H,11-14H2,1-3H3/t17-/m0/s1. The number of hydrogen-bond donors (Lipinski definition) is 1. The van der Waals surface area contributed by atoms with E-state index >= 15 is 0 Å². The highest BCUT2D eigenvalue weighted by Crippen LogP contribution is 2.22. The molecule has 0 radical (unpaired) electrons. The smallest absolute Gasteiger partial charge is 0.241 e. The number of sulfonamides is 1. The number of aryl methyl sites for hydroxylation is 1. The normalized spacial score (nSPS) is 15.8. The lowest BCUT2D eigenvalue weighted by atomic mass is 10.2. The van der Waals surface area contributed by atoms with Crippen LogP contribution in [-0.2, 0) is 14.8 Å². The Labute approximate surface area is 172 Å². The van der Waals surface area contributed by atoms with Gasteiger partial charge in [-0.3, -0.25) is 4.79 Å². The van der Waals surface area contributed by atoms with Crippen LogP contribution in [0.15, 0.2) is 53.4 Å². The average molecular weight is 418 g/mol. The fourth-order valence-electron chi connectivity index (χ4n) is 3.47. The largest absolute Gasteiger partial charge is 0.496 e. The lowest BCUT2D eigenvalue weighted by Crippen LogP contribution is -2.54. The number of hydrogen-bond acceptors (Lipinski definition) is 5. The second-order valence-corrected chi connectivity index (χ2v) is 8.84. The van der Waals surface area contributed by atoms with Crippen molar-refractivity contribution in [2.24, 2.45) is 0 Å². The van der Waals surface area contributed by atoms with Crippen LogP contribution in [0.25, 0.3) is 0 Å². The molecule has 3 rings (SSSR count). The van der Waals surface area contributed by atoms with Crippen LogP contribution in [0.4, 0.5) is 5.69 Å². The van der Waals surface area contributed by atoms with E-state index in [1.807, 2.05) is 30.3 Å². The molecule has 7 nitrogen and oxygen atoms in total. The predicted octanol–water partition coefficient (Wildman–Crippen LogP) is 2.02. The van der Waals surface area contributed by atoms with E-state index in [2.05, 4.69) is 9.62 Å². The van der Waals surface area contributed by atoms with E-state index in [0.717, 1.165) is 5.69 Å². The number of anilines is 1. The number of carbonyl (C=O) groups is 1. The minimum Gasteiger partial charge on any atom is -0.496 e. The third kappa shape index (κ3) is 4.89. The monoisotopic (exact) mass is 417 g/mol. The molecule has 1 heterocycles. The van der Waals surface area contributed by atoms with Gasteiger partial charge in [-0.05, 0) is 49.7 Å². The van der Waals surface area contributed by atoms with Crippen molar-refractivity contribution in [2.75, 3.05) is 38.2 Å². The van der Waals surface area contributed by atoms with E-state index in [1.54, 1.807) is 24.8 Å². The molecule has 1 fully saturated rings. The SMILES string of the molecule is COc1ccc(S(=O)(=O)N[C@@H](C)C(=O)N2CCN(c3ccccc3)CC2)cc1C. The third-order valence-electron chi connectivity index (χ3n) is 5.09. The molecule has 0 saturated carbocycles. The van der Waals surface area contributed by atoms with Crippen LogP contribution in [0.1, 0.15) is 12.5 Å². The molecule has 0 spiro atoms. The van der Waals surface area contributed by atoms with Crippen LogP contribution in [0.2, 0.25) is 0 Å². The molecule has 156 valence electrons. The summed E-state index contributed by atoms with van der Waals surface area (Å²) < 4.78 is 33.1. The zero-order valence-electron chi connectivity index (χ0n) is 17.0. The first-order chi connectivity index (χ1) is 13.8. The minimum absolute atomic E-state index is 0.115. The number of methoxy groups -OCH3 is 1. The van der Waals surface area contributed by atoms with Gasteiger partial charge in [-0.1, -0.05) is 18.2 Å². The first-order valence-corrected chi connectivity index (χ1v) is 11.1. The van der Waals surface area contributed by atoms with Gasteiger partial charge in [-0.25, -0.2) is 8.42 Å². The van der Waals surface area contributed by atoms with Gasteiger partial charge in [0.2, 0.25) is 15.9 Å². The molecular weight excluding hydrogens is 390 g/mol. The maximum absolute atomic E-state index is 12.8. The van der Waals surface area contributed by atoms with Crippen LogP contribution >= 0.6 is 0 Å². The molecule has 2 aromatic rings. The first kappa shape index (κ1) is 21.1. The molecule has 1 atom stereocenters. The third-order valence-corrected chi connectivity index (χ3v) is 6.63. The summed E-state index contributed by atoms with van der Waals surface area (Å²) in [5.74, 6) is 0.399. The summed E-state index contributed by atoms with van der Waals surface area (Å²) in [4.78, 5) is 16.8. The van der Waals surface area contributed by atoms with Crippen LogP contribution in [0.5, 0.6) is 5.75 Å². The van der Waals surface area contributed by atoms with Gasteiger partial charge < -0.3 is 14.5 Å². The van der Waals surface area contributed by atoms with Gasteiger partial charge in [0, 0.05) is 31.9 Å². The van der Waals surface area contributed by atoms with Crippen molar-refractivity contribution < 1.29 is 17.9 Å². The first-order valence-electron chi connectivity index (χ1n) is 9.57. The van der Waals surface area contributed by atoms with Gasteiger partial charge in [-0.15, -0.1) is 0 Å². The Morgan fingerprint density at radius 1 is 1.07 bits per heavy atom. The minimum atomic E-state index is -3.81. The second kappa shape index (κ2) is 8.84. The van der Waals surface area contributed by atoms with Gasteiger partial charge in [0.05, 0.1) is 18.0 Å². The summed E-state index contributed by atoms with van der Waals surface area (Å²) in [7, 11) is -2.27. The van der Waals surface area contributed by atoms with E-state index in [-0.39, 0.29) is 10.8 Å². The van der Waals surface area contributed by atoms with E-state index in [9.17, 15) is 13.2 Å². The molecule has 1 N–H and O–H groups in total. The number of para-hydroxylation sites is 1. The average Bonchev–Trinajstić information content (AvgIpc) is 2.73. The van der Waals surface area contributed by atoms with Gasteiger partial charge >= 0.3 is 0 Å². The summed E-state index contributed by atoms with van der Waals surface area (Å²) in [6.07, 6.45) is 0. The summed E-state index contributed by atoms with van der Waals surface area (Å²) in [6, 6.07) is 13.8. The summed E-state index contributed by atoms with van der Waals surface area (Å²) in [5.41, 5.74) is 1.84. The van der Waals surface area contributed by atoms with Crippen molar-refractivity contribution >= 4 is 21.6 Å². The molecule has 1 aliphatic heterocycles. The molecule has 0 unspecified atom stereocenters. The number of ether oxygens (including phenoxy) is 1. The summed E-state index contributed by atoms with van der Waals surface area (Å²) in [6.45, 7) is 5.90. The molecule has 1 saturated heterocycles. The van der Waals surface area contributed by atoms with E-state index in [0.29, 0.717) is 37.5 Å². The predicted molar refractivity (Wildman–Crippen MR) is 113 cm³/mol. The fourth-order valence-corrected chi connectivity index (χ4v) is 4.75. The molecular formula is C21H27N3O4S. The Balaban J connectivity index is 1.61. The van der Waals surface area contributed by atoms with Crippen molar-refractivity contribution in [3.8, 4) is 5.75 Å². The maximum atomic E-state index is 12.8. The Bertz CT molecular complexity index is 955. The van der Waals surface area contributed by atoms with Gasteiger partial charge in [0.25, 0.3) is 0 Å². The Morgan fingerprint density at radius 3 is 2.31 bits per heavy atom. The highest BCUT2D eigenvalue weighted by atomic mass is 32.2. The molecule has 8 heteroatoms. The number of nitrogens with zero attached hydrogens (tertiary/aromatic N) is 2. The second-order valence-electron chi connectivity index (χ2n) is 7.12. The van der Waals surface area contributed by atoms with Crippen molar-refractivity contribution in [3.05, 3.63) is 54.1 Å². The number of carbonyl (C=O) groups excluding carboxylic acids is 1. The Hall–Kier alpha value is -2.58. The zero-order chi connectivity index (χ0) is 21.0. The summed E-state index contributed by atoms with van der Waals surface area (Å²) in [5, 5.41) is 0. The highest BCUT2D eigenvalue weighted by molar-refractivity contribution is 7.89. The number of nitrogens with one attached hydrogen (secondary N) is 1. The lowest BCUT2D eigenvalue weighted by molar-refractivity contribution is -0.132. The van der Waals surface area contributed by atoms with Crippen LogP contribution in [-0.4, -0.2) is 58.6 Å². The highest BCUT2D eigenvalue weighted by Gasteiger charge is 2.28. The summed E-state index contributed by atoms with van der Waals surface area (Å²) >= 11 is 0. The molecule has 29 heavy (non-hydrogen) atoms. The van der Waals surface area contributed by atoms with Gasteiger partial charge in [0.15, 0.2) is 0 Å². The van der Waals surface area contributed by atoms with E-state index in [1.165, 1.54) is 19.2 Å². The number of rotatable bonds is 6. The maximum Gasteiger partial charge on any atom is 0.241 e. The molecule has 0 bridgehead atoms. The molecule has 1 aliphatic rings. The number of piperazine rings is 1. The van der Waals surface area contributed by atoms with Crippen molar-refractivity contribution in [3.63, 3.8) is 0 Å². The zero-order valence-corrected chi connectivity index (χ0v) is 17.8. The van der Waals surface area contributed by atoms with Gasteiger partial charge in [-0.2, -0.15) is 4.72 Å². The number of amides is 1. The van der Waals surface area contributed by atoms with Gasteiger partial charge in [0.1, 0.15) is 5.75 Å².